The number of anilines is 2. The van der Waals surface area contributed by atoms with Gasteiger partial charge in [-0.3, -0.25) is 14.5 Å². The quantitative estimate of drug-likeness (QED) is 0.538. The van der Waals surface area contributed by atoms with Gasteiger partial charge in [-0.05, 0) is 55.3 Å². The van der Waals surface area contributed by atoms with Crippen LogP contribution in [0, 0.1) is 0 Å². The number of hydrogen-bond donors (Lipinski definition) is 0. The number of carbonyl (C=O) groups is 2. The van der Waals surface area contributed by atoms with Crippen LogP contribution in [0.4, 0.5) is 11.4 Å². The van der Waals surface area contributed by atoms with E-state index < -0.39 is 0 Å². The zero-order valence-corrected chi connectivity index (χ0v) is 19.8. The minimum Gasteiger partial charge on any atom is -0.482 e. The van der Waals surface area contributed by atoms with Crippen LogP contribution < -0.4 is 14.5 Å². The van der Waals surface area contributed by atoms with Gasteiger partial charge in [-0.1, -0.05) is 16.8 Å². The Morgan fingerprint density at radius 1 is 1.06 bits per heavy atom. The van der Waals surface area contributed by atoms with Crippen molar-refractivity contribution in [3.63, 3.8) is 0 Å². The van der Waals surface area contributed by atoms with Crippen LogP contribution in [0.3, 0.4) is 0 Å². The van der Waals surface area contributed by atoms with Crippen molar-refractivity contribution < 1.29 is 18.8 Å². The molecule has 35 heavy (non-hydrogen) atoms. The van der Waals surface area contributed by atoms with Gasteiger partial charge in [0.25, 0.3) is 5.91 Å². The summed E-state index contributed by atoms with van der Waals surface area (Å²) in [6.45, 7) is 2.46. The van der Waals surface area contributed by atoms with E-state index in [1.165, 1.54) is 4.90 Å². The third-order valence-corrected chi connectivity index (χ3v) is 6.88. The molecule has 1 aliphatic carbocycles. The molecule has 2 amide bonds. The first-order valence-corrected chi connectivity index (χ1v) is 12.1. The number of halogens is 1. The summed E-state index contributed by atoms with van der Waals surface area (Å²) < 4.78 is 10.8. The van der Waals surface area contributed by atoms with Gasteiger partial charge in [-0.15, -0.1) is 0 Å². The van der Waals surface area contributed by atoms with Gasteiger partial charge < -0.3 is 19.1 Å². The summed E-state index contributed by atoms with van der Waals surface area (Å²) in [7, 11) is 0. The van der Waals surface area contributed by atoms with Crippen molar-refractivity contribution in [2.45, 2.75) is 18.8 Å². The standard InChI is InChI=1S/C25H24ClN5O4/c26-18-5-8-21-20(13-18)31(23(33)15-34-21)14-22(32)30-11-9-29(10-12-30)19-6-3-16(4-7-19)24-27-25(35-28-24)17-1-2-17/h3-8,13,17H,1-2,9-12,14-15H2. The lowest BCUT2D eigenvalue weighted by molar-refractivity contribution is -0.132. The molecule has 10 heteroatoms. The highest BCUT2D eigenvalue weighted by atomic mass is 35.5. The summed E-state index contributed by atoms with van der Waals surface area (Å²) in [5.74, 6) is 2.00. The molecule has 3 aromatic rings. The number of ether oxygens (including phenoxy) is 1. The number of fused-ring (bicyclic) bond motifs is 1. The van der Waals surface area contributed by atoms with E-state index in [1.54, 1.807) is 23.1 Å². The van der Waals surface area contributed by atoms with Crippen LogP contribution in [0.5, 0.6) is 5.75 Å². The number of piperazine rings is 1. The zero-order chi connectivity index (χ0) is 23.9. The van der Waals surface area contributed by atoms with Crippen molar-refractivity contribution in [2.75, 3.05) is 49.1 Å². The number of nitrogens with zero attached hydrogens (tertiary/aromatic N) is 5. The van der Waals surface area contributed by atoms with Gasteiger partial charge in [0, 0.05) is 48.4 Å². The Bertz CT molecular complexity index is 1270. The maximum Gasteiger partial charge on any atom is 0.265 e. The van der Waals surface area contributed by atoms with Crippen molar-refractivity contribution in [3.05, 3.63) is 53.4 Å². The van der Waals surface area contributed by atoms with Crippen molar-refractivity contribution in [1.29, 1.82) is 0 Å². The molecular weight excluding hydrogens is 470 g/mol. The van der Waals surface area contributed by atoms with Crippen LogP contribution in [0.15, 0.2) is 47.0 Å². The van der Waals surface area contributed by atoms with Gasteiger partial charge in [-0.2, -0.15) is 4.98 Å². The molecule has 0 atom stereocenters. The molecular formula is C25H24ClN5O4. The smallest absolute Gasteiger partial charge is 0.265 e. The summed E-state index contributed by atoms with van der Waals surface area (Å²) in [4.78, 5) is 35.5. The van der Waals surface area contributed by atoms with E-state index in [9.17, 15) is 9.59 Å². The molecule has 0 spiro atoms. The van der Waals surface area contributed by atoms with E-state index in [0.717, 1.165) is 30.0 Å². The zero-order valence-electron chi connectivity index (χ0n) is 19.0. The van der Waals surface area contributed by atoms with Crippen molar-refractivity contribution >= 4 is 34.8 Å². The van der Waals surface area contributed by atoms with E-state index in [1.807, 2.05) is 24.3 Å². The molecule has 3 heterocycles. The molecule has 1 saturated carbocycles. The second kappa shape index (κ2) is 8.88. The molecule has 6 rings (SSSR count). The molecule has 1 saturated heterocycles. The highest BCUT2D eigenvalue weighted by Gasteiger charge is 2.31. The Balaban J connectivity index is 1.07. The van der Waals surface area contributed by atoms with Gasteiger partial charge in [0.15, 0.2) is 6.61 Å². The number of hydrogen-bond acceptors (Lipinski definition) is 7. The van der Waals surface area contributed by atoms with Gasteiger partial charge in [0.05, 0.1) is 5.69 Å². The highest BCUT2D eigenvalue weighted by Crippen LogP contribution is 2.39. The molecule has 3 aliphatic rings. The molecule has 0 bridgehead atoms. The minimum absolute atomic E-state index is 0.0300. The number of amides is 2. The molecule has 0 radical (unpaired) electrons. The topological polar surface area (TPSA) is 92.0 Å². The average molecular weight is 494 g/mol. The predicted octanol–water partition coefficient (Wildman–Crippen LogP) is 3.34. The van der Waals surface area contributed by atoms with Crippen LogP contribution in [0.2, 0.25) is 5.02 Å². The monoisotopic (exact) mass is 493 g/mol. The first-order chi connectivity index (χ1) is 17.0. The fourth-order valence-corrected chi connectivity index (χ4v) is 4.63. The van der Waals surface area contributed by atoms with E-state index >= 15 is 0 Å². The molecule has 0 unspecified atom stereocenters. The lowest BCUT2D eigenvalue weighted by Crippen LogP contribution is -2.53. The van der Waals surface area contributed by atoms with Crippen LogP contribution in [0.25, 0.3) is 11.4 Å². The Kier molecular flexibility index (Phi) is 5.56. The number of carbonyl (C=O) groups excluding carboxylic acids is 2. The summed E-state index contributed by atoms with van der Waals surface area (Å²) in [5, 5.41) is 4.59. The Labute approximate surface area is 207 Å². The normalized spacial score (nSPS) is 17.9. The number of aromatic nitrogens is 2. The molecule has 2 aliphatic heterocycles. The first kappa shape index (κ1) is 21.9. The molecule has 1 aromatic heterocycles. The molecule has 2 fully saturated rings. The fourth-order valence-electron chi connectivity index (χ4n) is 4.47. The minimum atomic E-state index is -0.252. The van der Waals surface area contributed by atoms with E-state index in [2.05, 4.69) is 15.0 Å². The average Bonchev–Trinajstić information content (AvgIpc) is 3.62. The van der Waals surface area contributed by atoms with Gasteiger partial charge in [0.1, 0.15) is 12.3 Å². The fraction of sp³-hybridized carbons (Fsp3) is 0.360. The van der Waals surface area contributed by atoms with Crippen LogP contribution >= 0.6 is 11.6 Å². The summed E-state index contributed by atoms with van der Waals surface area (Å²) in [6, 6.07) is 13.2. The van der Waals surface area contributed by atoms with Gasteiger partial charge in [0.2, 0.25) is 17.6 Å². The molecule has 0 N–H and O–H groups in total. The maximum absolute atomic E-state index is 13.0. The predicted molar refractivity (Wildman–Crippen MR) is 130 cm³/mol. The molecule has 180 valence electrons. The lowest BCUT2D eigenvalue weighted by atomic mass is 10.1. The SMILES string of the molecule is O=C(CN1C(=O)COc2ccc(Cl)cc21)N1CCN(c2ccc(-c3noc(C4CC4)n3)cc2)CC1. The third kappa shape index (κ3) is 4.43. The van der Waals surface area contributed by atoms with Crippen molar-refractivity contribution in [1.82, 2.24) is 15.0 Å². The number of benzene rings is 2. The Morgan fingerprint density at radius 3 is 2.57 bits per heavy atom. The van der Waals surface area contributed by atoms with Crippen molar-refractivity contribution in [2.24, 2.45) is 0 Å². The number of rotatable bonds is 5. The second-order valence-corrected chi connectivity index (χ2v) is 9.46. The molecule has 2 aromatic carbocycles. The van der Waals surface area contributed by atoms with Gasteiger partial charge in [-0.25, -0.2) is 0 Å². The Hall–Kier alpha value is -3.59. The third-order valence-electron chi connectivity index (χ3n) is 6.65. The second-order valence-electron chi connectivity index (χ2n) is 9.03. The summed E-state index contributed by atoms with van der Waals surface area (Å²) in [6.07, 6.45) is 2.25. The van der Waals surface area contributed by atoms with E-state index in [0.29, 0.717) is 54.4 Å². The highest BCUT2D eigenvalue weighted by molar-refractivity contribution is 6.31. The molecule has 9 nitrogen and oxygen atoms in total. The Morgan fingerprint density at radius 2 is 1.83 bits per heavy atom. The maximum atomic E-state index is 13.0. The van der Waals surface area contributed by atoms with Crippen LogP contribution in [-0.4, -0.2) is 66.2 Å². The van der Waals surface area contributed by atoms with E-state index in [4.69, 9.17) is 20.9 Å². The van der Waals surface area contributed by atoms with Crippen LogP contribution in [0.1, 0.15) is 24.7 Å². The van der Waals surface area contributed by atoms with E-state index in [-0.39, 0.29) is 25.0 Å². The lowest BCUT2D eigenvalue weighted by Gasteiger charge is -2.37. The summed E-state index contributed by atoms with van der Waals surface area (Å²) >= 11 is 6.10. The van der Waals surface area contributed by atoms with Crippen LogP contribution in [-0.2, 0) is 9.59 Å². The summed E-state index contributed by atoms with van der Waals surface area (Å²) in [5.41, 5.74) is 2.54. The first-order valence-electron chi connectivity index (χ1n) is 11.7. The van der Waals surface area contributed by atoms with Crippen molar-refractivity contribution in [3.8, 4) is 17.1 Å². The largest absolute Gasteiger partial charge is 0.482 e. The van der Waals surface area contributed by atoms with Gasteiger partial charge >= 0.3 is 0 Å².